The number of ketones is 1. The number of hydrogen-bond donors (Lipinski definition) is 1. The Balaban J connectivity index is 1.87. The highest BCUT2D eigenvalue weighted by atomic mass is 32.1. The van der Waals surface area contributed by atoms with Crippen LogP contribution < -0.4 is 0 Å². The lowest BCUT2D eigenvalue weighted by atomic mass is 9.99. The van der Waals surface area contributed by atoms with Crippen LogP contribution >= 0.6 is 11.3 Å². The second-order valence-corrected chi connectivity index (χ2v) is 7.51. The zero-order chi connectivity index (χ0) is 17.4. The van der Waals surface area contributed by atoms with E-state index in [4.69, 9.17) is 0 Å². The molecule has 1 atom stereocenters. The van der Waals surface area contributed by atoms with Gasteiger partial charge in [0.2, 0.25) is 0 Å². The maximum atomic E-state index is 12.8. The molecule has 4 nitrogen and oxygen atoms in total. The van der Waals surface area contributed by atoms with Gasteiger partial charge in [-0.2, -0.15) is 0 Å². The predicted octanol–water partition coefficient (Wildman–Crippen LogP) is 4.11. The van der Waals surface area contributed by atoms with Crippen molar-refractivity contribution in [3.05, 3.63) is 63.9 Å². The number of likely N-dealkylation sites (tertiary alicyclic amines) is 1. The molecule has 1 aliphatic heterocycles. The average molecular weight is 353 g/mol. The molecule has 1 saturated carbocycles. The number of carbonyl (C=O) groups is 2. The van der Waals surface area contributed by atoms with Crippen molar-refractivity contribution < 1.29 is 14.7 Å². The number of Topliss-reactive ketones (excluding diaryl/α,β-unsaturated/α-hetero) is 1. The molecule has 1 aromatic carbocycles. The van der Waals surface area contributed by atoms with E-state index in [1.165, 1.54) is 11.3 Å². The molecule has 0 radical (unpaired) electrons. The molecule has 0 spiro atoms. The first-order chi connectivity index (χ1) is 12.2. The van der Waals surface area contributed by atoms with Crippen LogP contribution in [0.5, 0.6) is 0 Å². The number of amides is 1. The van der Waals surface area contributed by atoms with Crippen molar-refractivity contribution in [2.24, 2.45) is 0 Å². The molecule has 2 fully saturated rings. The third-order valence-electron chi connectivity index (χ3n) is 5.06. The third-order valence-corrected chi connectivity index (χ3v) is 5.98. The Morgan fingerprint density at radius 3 is 2.40 bits per heavy atom. The lowest BCUT2D eigenvalue weighted by molar-refractivity contribution is -0.141. The Morgan fingerprint density at radius 2 is 1.76 bits per heavy atom. The molecule has 5 heteroatoms. The molecule has 128 valence electrons. The second kappa shape index (κ2) is 6.48. The van der Waals surface area contributed by atoms with Crippen LogP contribution in [0, 0.1) is 0 Å². The first-order valence-electron chi connectivity index (χ1n) is 8.57. The van der Waals surface area contributed by atoms with Gasteiger partial charge >= 0.3 is 0 Å². The summed E-state index contributed by atoms with van der Waals surface area (Å²) in [4.78, 5) is 28.2. The van der Waals surface area contributed by atoms with E-state index < -0.39 is 17.7 Å². The molecule has 1 aromatic heterocycles. The van der Waals surface area contributed by atoms with Crippen LogP contribution in [-0.2, 0) is 9.59 Å². The van der Waals surface area contributed by atoms with Crippen molar-refractivity contribution in [2.45, 2.75) is 37.8 Å². The average Bonchev–Trinajstić information content (AvgIpc) is 3.37. The minimum Gasteiger partial charge on any atom is -0.507 e. The van der Waals surface area contributed by atoms with Crippen molar-refractivity contribution in [3.8, 4) is 0 Å². The maximum Gasteiger partial charge on any atom is 0.295 e. The number of benzene rings is 1. The van der Waals surface area contributed by atoms with E-state index in [0.717, 1.165) is 30.6 Å². The van der Waals surface area contributed by atoms with E-state index in [1.54, 1.807) is 17.0 Å². The summed E-state index contributed by atoms with van der Waals surface area (Å²) >= 11 is 1.51. The lowest BCUT2D eigenvalue weighted by Crippen LogP contribution is -2.37. The number of hydrogen-bond acceptors (Lipinski definition) is 4. The predicted molar refractivity (Wildman–Crippen MR) is 97.2 cm³/mol. The maximum absolute atomic E-state index is 12.8. The van der Waals surface area contributed by atoms with Crippen molar-refractivity contribution in [3.63, 3.8) is 0 Å². The zero-order valence-corrected chi connectivity index (χ0v) is 14.5. The van der Waals surface area contributed by atoms with Crippen LogP contribution in [0.3, 0.4) is 0 Å². The van der Waals surface area contributed by atoms with Crippen molar-refractivity contribution in [2.75, 3.05) is 0 Å². The highest BCUT2D eigenvalue weighted by molar-refractivity contribution is 7.10. The fourth-order valence-corrected chi connectivity index (χ4v) is 4.72. The topological polar surface area (TPSA) is 57.6 Å². The molecular formula is C20H19NO3S. The number of carbonyl (C=O) groups excluding carboxylic acids is 2. The van der Waals surface area contributed by atoms with Gasteiger partial charge < -0.3 is 10.0 Å². The highest BCUT2D eigenvalue weighted by Gasteiger charge is 2.49. The smallest absolute Gasteiger partial charge is 0.295 e. The minimum atomic E-state index is -0.577. The largest absolute Gasteiger partial charge is 0.507 e. The number of thiophene rings is 1. The third kappa shape index (κ3) is 2.68. The van der Waals surface area contributed by atoms with Gasteiger partial charge in [-0.1, -0.05) is 49.2 Å². The first kappa shape index (κ1) is 16.1. The van der Waals surface area contributed by atoms with Crippen LogP contribution in [0.4, 0.5) is 0 Å². The summed E-state index contributed by atoms with van der Waals surface area (Å²) in [5.41, 5.74) is 0.777. The van der Waals surface area contributed by atoms with E-state index in [0.29, 0.717) is 5.56 Å². The van der Waals surface area contributed by atoms with Gasteiger partial charge in [-0.15, -0.1) is 11.3 Å². The summed E-state index contributed by atoms with van der Waals surface area (Å²) in [5.74, 6) is -1.15. The molecule has 1 amide bonds. The Labute approximate surface area is 150 Å². The molecular weight excluding hydrogens is 334 g/mol. The fraction of sp³-hybridized carbons (Fsp3) is 0.300. The standard InChI is InChI=1S/C20H19NO3S/c22-18(13-7-2-1-3-8-13)16-17(15-11-6-12-25-15)21(20(24)19(16)23)14-9-4-5-10-14/h1-3,6-8,11-12,14,17,22H,4-5,9-10H2/b18-16-. The second-order valence-electron chi connectivity index (χ2n) is 6.53. The van der Waals surface area contributed by atoms with Crippen LogP contribution in [0.1, 0.15) is 42.2 Å². The molecule has 2 heterocycles. The SMILES string of the molecule is O=C1C(=O)N(C2CCCC2)C(c2cccs2)/C1=C(/O)c1ccccc1. The van der Waals surface area contributed by atoms with Crippen molar-refractivity contribution in [1.82, 2.24) is 4.90 Å². The lowest BCUT2D eigenvalue weighted by Gasteiger charge is -2.29. The van der Waals surface area contributed by atoms with Crippen molar-refractivity contribution >= 4 is 28.8 Å². The molecule has 0 bridgehead atoms. The zero-order valence-electron chi connectivity index (χ0n) is 13.7. The number of rotatable bonds is 3. The van der Waals surface area contributed by atoms with Gasteiger partial charge in [0, 0.05) is 16.5 Å². The van der Waals surface area contributed by atoms with Gasteiger partial charge in [0.15, 0.2) is 0 Å². The van der Waals surface area contributed by atoms with Gasteiger partial charge in [-0.25, -0.2) is 0 Å². The summed E-state index contributed by atoms with van der Waals surface area (Å²) in [5, 5.41) is 12.8. The summed E-state index contributed by atoms with van der Waals surface area (Å²) in [6.45, 7) is 0. The van der Waals surface area contributed by atoms with Gasteiger partial charge in [0.1, 0.15) is 5.76 Å². The van der Waals surface area contributed by atoms with Crippen LogP contribution in [0.15, 0.2) is 53.4 Å². The van der Waals surface area contributed by atoms with Gasteiger partial charge in [0.05, 0.1) is 11.6 Å². The van der Waals surface area contributed by atoms with E-state index in [1.807, 2.05) is 35.7 Å². The van der Waals surface area contributed by atoms with Crippen LogP contribution in [0.25, 0.3) is 5.76 Å². The van der Waals surface area contributed by atoms with Gasteiger partial charge in [-0.05, 0) is 24.3 Å². The molecule has 4 rings (SSSR count). The van der Waals surface area contributed by atoms with E-state index in [9.17, 15) is 14.7 Å². The summed E-state index contributed by atoms with van der Waals surface area (Å²) < 4.78 is 0. The van der Waals surface area contributed by atoms with Gasteiger partial charge in [-0.3, -0.25) is 9.59 Å². The van der Waals surface area contributed by atoms with E-state index in [-0.39, 0.29) is 17.4 Å². The molecule has 2 aromatic rings. The quantitative estimate of drug-likeness (QED) is 0.513. The molecule has 1 aliphatic carbocycles. The van der Waals surface area contributed by atoms with Crippen LogP contribution in [0.2, 0.25) is 0 Å². The molecule has 2 aliphatic rings. The number of aliphatic hydroxyl groups excluding tert-OH is 1. The molecule has 25 heavy (non-hydrogen) atoms. The highest BCUT2D eigenvalue weighted by Crippen LogP contribution is 2.44. The monoisotopic (exact) mass is 353 g/mol. The Kier molecular flexibility index (Phi) is 4.17. The summed E-state index contributed by atoms with van der Waals surface area (Å²) in [6.07, 6.45) is 3.98. The fourth-order valence-electron chi connectivity index (χ4n) is 3.89. The number of aliphatic hydroxyl groups is 1. The molecule has 1 unspecified atom stereocenters. The molecule has 1 N–H and O–H groups in total. The Hall–Kier alpha value is -2.40. The minimum absolute atomic E-state index is 0.0737. The first-order valence-corrected chi connectivity index (χ1v) is 9.45. The molecule has 1 saturated heterocycles. The van der Waals surface area contributed by atoms with E-state index in [2.05, 4.69) is 0 Å². The normalized spacial score (nSPS) is 23.5. The Bertz CT molecular complexity index is 820. The number of nitrogens with zero attached hydrogens (tertiary/aromatic N) is 1. The van der Waals surface area contributed by atoms with Gasteiger partial charge in [0.25, 0.3) is 11.7 Å². The van der Waals surface area contributed by atoms with Crippen LogP contribution in [-0.4, -0.2) is 27.7 Å². The van der Waals surface area contributed by atoms with E-state index >= 15 is 0 Å². The summed E-state index contributed by atoms with van der Waals surface area (Å²) in [7, 11) is 0. The summed E-state index contributed by atoms with van der Waals surface area (Å²) in [6, 6.07) is 12.4. The van der Waals surface area contributed by atoms with Crippen molar-refractivity contribution in [1.29, 1.82) is 0 Å². The Morgan fingerprint density at radius 1 is 1.04 bits per heavy atom.